The van der Waals surface area contributed by atoms with E-state index in [-0.39, 0.29) is 49.8 Å². The second-order valence-corrected chi connectivity index (χ2v) is 16.2. The van der Waals surface area contributed by atoms with E-state index < -0.39 is 46.0 Å². The molecule has 5 atom stereocenters. The minimum Gasteiger partial charge on any atom is -0.465 e. The van der Waals surface area contributed by atoms with Gasteiger partial charge in [-0.1, -0.05) is 44.2 Å². The van der Waals surface area contributed by atoms with Crippen molar-refractivity contribution in [3.63, 3.8) is 0 Å². The molecule has 3 fully saturated rings. The molecule has 4 aliphatic heterocycles. The van der Waals surface area contributed by atoms with Gasteiger partial charge in [0.05, 0.1) is 36.3 Å². The van der Waals surface area contributed by atoms with Gasteiger partial charge in [-0.3, -0.25) is 4.90 Å². The maximum atomic E-state index is 14.5. The molecule has 0 spiro atoms. The van der Waals surface area contributed by atoms with Crippen LogP contribution in [0.1, 0.15) is 45.1 Å². The number of fused-ring (bicyclic) bond motifs is 2. The van der Waals surface area contributed by atoms with Gasteiger partial charge < -0.3 is 39.4 Å². The highest BCUT2D eigenvalue weighted by Gasteiger charge is 2.49. The zero-order chi connectivity index (χ0) is 35.5. The van der Waals surface area contributed by atoms with Crippen LogP contribution in [0.15, 0.2) is 53.4 Å². The molecule has 4 heterocycles. The van der Waals surface area contributed by atoms with Crippen LogP contribution in [-0.2, 0) is 25.9 Å². The fourth-order valence-corrected chi connectivity index (χ4v) is 9.06. The van der Waals surface area contributed by atoms with Crippen LogP contribution >= 0.6 is 0 Å². The summed E-state index contributed by atoms with van der Waals surface area (Å²) in [4.78, 5) is 28.7. The van der Waals surface area contributed by atoms with Crippen molar-refractivity contribution in [2.75, 3.05) is 52.7 Å². The largest absolute Gasteiger partial charge is 0.465 e. The Bertz CT molecular complexity index is 1600. The second kappa shape index (κ2) is 15.3. The molecule has 0 aliphatic carbocycles. The molecule has 0 saturated carbocycles. The molecule has 15 heteroatoms. The van der Waals surface area contributed by atoms with Gasteiger partial charge in [0.2, 0.25) is 16.8 Å². The number of hydrogen-bond acceptors (Lipinski definition) is 9. The van der Waals surface area contributed by atoms with Crippen molar-refractivity contribution in [1.82, 2.24) is 19.4 Å². The van der Waals surface area contributed by atoms with Crippen molar-refractivity contribution in [2.24, 2.45) is 11.3 Å². The zero-order valence-corrected chi connectivity index (χ0v) is 29.4. The smallest absolute Gasteiger partial charge is 0.407 e. The molecule has 0 radical (unpaired) electrons. The second-order valence-electron chi connectivity index (χ2n) is 14.3. The van der Waals surface area contributed by atoms with Crippen LogP contribution in [0.2, 0.25) is 0 Å². The SMILES string of the molecule is CC(C)(CCNC(=O)N1CCCC1)CN(C[C@@H](O)[C@H](Cc1ccccc1)N(C(=O)O)[C@H]1CO[C@H]2OCC[C@H]21)S(=O)(=O)c1ccc2c(c1)OCO2. The normalized spacial score (nSPS) is 22.8. The number of carbonyl (C=O) groups is 2. The lowest BCUT2D eigenvalue weighted by Gasteiger charge is -2.40. The fourth-order valence-electron chi connectivity index (χ4n) is 7.39. The van der Waals surface area contributed by atoms with Crippen LogP contribution in [0.25, 0.3) is 0 Å². The quantitative estimate of drug-likeness (QED) is 0.264. The van der Waals surface area contributed by atoms with Gasteiger partial charge in [0.15, 0.2) is 17.8 Å². The summed E-state index contributed by atoms with van der Waals surface area (Å²) >= 11 is 0. The lowest BCUT2D eigenvalue weighted by molar-refractivity contribution is -0.0906. The number of sulfonamides is 1. The molecular formula is C35H48N4O10S. The van der Waals surface area contributed by atoms with Crippen molar-refractivity contribution in [3.8, 4) is 11.5 Å². The zero-order valence-electron chi connectivity index (χ0n) is 28.6. The lowest BCUT2D eigenvalue weighted by Crippen LogP contribution is -2.58. The molecule has 274 valence electrons. The molecule has 0 unspecified atom stereocenters. The first-order chi connectivity index (χ1) is 23.9. The third kappa shape index (κ3) is 8.12. The standard InChI is InChI=1S/C35H48N4O10S/c1-35(2,13-14-36-33(41)37-15-6-7-16-37)22-38(50(44,45)25-10-11-30-31(19-25)49-23-48-30)20-29(40)27(18-24-8-4-3-5-9-24)39(34(42)43)28-21-47-32-26(28)12-17-46-32/h3-5,8-11,19,26-29,32,40H,6-7,12-18,20-23H2,1-2H3,(H,36,41)(H,42,43)/t26-,27-,28-,29+,32+/m0/s1. The number of likely N-dealkylation sites (tertiary alicyclic amines) is 1. The van der Waals surface area contributed by atoms with Gasteiger partial charge in [-0.15, -0.1) is 0 Å². The van der Waals surface area contributed by atoms with E-state index in [9.17, 15) is 28.2 Å². The molecule has 2 aromatic rings. The van der Waals surface area contributed by atoms with E-state index in [0.717, 1.165) is 18.4 Å². The number of benzene rings is 2. The molecule has 2 aromatic carbocycles. The minimum absolute atomic E-state index is 0.0172. The van der Waals surface area contributed by atoms with Crippen molar-refractivity contribution in [3.05, 3.63) is 54.1 Å². The number of carbonyl (C=O) groups excluding carboxylic acids is 1. The average molecular weight is 717 g/mol. The summed E-state index contributed by atoms with van der Waals surface area (Å²) in [7, 11) is -4.26. The molecule has 0 aromatic heterocycles. The number of rotatable bonds is 14. The molecule has 3 amide bonds. The Balaban J connectivity index is 1.28. The first kappa shape index (κ1) is 36.2. The Morgan fingerprint density at radius 1 is 1.06 bits per heavy atom. The monoisotopic (exact) mass is 716 g/mol. The number of carboxylic acid groups (broad SMARTS) is 1. The van der Waals surface area contributed by atoms with Gasteiger partial charge in [-0.05, 0) is 55.2 Å². The van der Waals surface area contributed by atoms with Gasteiger partial charge in [0, 0.05) is 44.7 Å². The Morgan fingerprint density at radius 3 is 2.54 bits per heavy atom. The summed E-state index contributed by atoms with van der Waals surface area (Å²) in [5.74, 6) is 0.515. The van der Waals surface area contributed by atoms with Crippen LogP contribution in [0, 0.1) is 11.3 Å². The molecule has 3 N–H and O–H groups in total. The summed E-state index contributed by atoms with van der Waals surface area (Å²) < 4.78 is 52.5. The number of nitrogens with one attached hydrogen (secondary N) is 1. The van der Waals surface area contributed by atoms with E-state index in [1.54, 1.807) is 4.90 Å². The minimum atomic E-state index is -4.26. The van der Waals surface area contributed by atoms with E-state index in [4.69, 9.17) is 18.9 Å². The van der Waals surface area contributed by atoms with Crippen LogP contribution in [0.5, 0.6) is 11.5 Å². The van der Waals surface area contributed by atoms with E-state index in [1.807, 2.05) is 44.2 Å². The summed E-state index contributed by atoms with van der Waals surface area (Å²) in [6.07, 6.45) is -0.0263. The number of ether oxygens (including phenoxy) is 4. The van der Waals surface area contributed by atoms with Crippen LogP contribution in [0.3, 0.4) is 0 Å². The van der Waals surface area contributed by atoms with E-state index in [0.29, 0.717) is 50.6 Å². The van der Waals surface area contributed by atoms with E-state index >= 15 is 0 Å². The van der Waals surface area contributed by atoms with Gasteiger partial charge in [-0.25, -0.2) is 18.0 Å². The first-order valence-corrected chi connectivity index (χ1v) is 18.8. The van der Waals surface area contributed by atoms with Gasteiger partial charge in [0.1, 0.15) is 0 Å². The van der Waals surface area contributed by atoms with Crippen molar-refractivity contribution >= 4 is 22.1 Å². The Hall–Kier alpha value is -3.63. The predicted octanol–water partition coefficient (Wildman–Crippen LogP) is 3.34. The molecule has 50 heavy (non-hydrogen) atoms. The van der Waals surface area contributed by atoms with E-state index in [2.05, 4.69) is 5.32 Å². The topological polar surface area (TPSA) is 167 Å². The molecule has 14 nitrogen and oxygen atoms in total. The number of amides is 3. The van der Waals surface area contributed by atoms with E-state index in [1.165, 1.54) is 27.4 Å². The number of nitrogens with zero attached hydrogens (tertiary/aromatic N) is 3. The predicted molar refractivity (Wildman–Crippen MR) is 181 cm³/mol. The van der Waals surface area contributed by atoms with Gasteiger partial charge >= 0.3 is 12.1 Å². The van der Waals surface area contributed by atoms with Gasteiger partial charge in [0.25, 0.3) is 0 Å². The maximum absolute atomic E-state index is 14.5. The molecule has 3 saturated heterocycles. The third-order valence-electron chi connectivity index (χ3n) is 10.1. The highest BCUT2D eigenvalue weighted by molar-refractivity contribution is 7.89. The summed E-state index contributed by atoms with van der Waals surface area (Å²) in [5, 5.41) is 25.7. The van der Waals surface area contributed by atoms with Crippen LogP contribution < -0.4 is 14.8 Å². The average Bonchev–Trinajstić information content (AvgIpc) is 3.90. The Morgan fingerprint density at radius 2 is 1.80 bits per heavy atom. The Labute approximate surface area is 293 Å². The number of aliphatic hydroxyl groups excluding tert-OH is 1. The molecular weight excluding hydrogens is 668 g/mol. The summed E-state index contributed by atoms with van der Waals surface area (Å²) in [6, 6.07) is 11.9. The lowest BCUT2D eigenvalue weighted by atomic mass is 9.89. The Kier molecular flexibility index (Phi) is 11.1. The van der Waals surface area contributed by atoms with Crippen LogP contribution in [0.4, 0.5) is 9.59 Å². The van der Waals surface area contributed by atoms with Crippen molar-refractivity contribution < 1.29 is 47.2 Å². The molecule has 4 aliphatic rings. The maximum Gasteiger partial charge on any atom is 0.407 e. The fraction of sp³-hybridized carbons (Fsp3) is 0.600. The van der Waals surface area contributed by atoms with Gasteiger partial charge in [-0.2, -0.15) is 4.31 Å². The molecule has 6 rings (SSSR count). The van der Waals surface area contributed by atoms with Crippen LogP contribution in [-0.4, -0.2) is 122 Å². The number of hydrogen-bond donors (Lipinski definition) is 3. The number of aliphatic hydroxyl groups is 1. The van der Waals surface area contributed by atoms with Crippen molar-refractivity contribution in [1.29, 1.82) is 0 Å². The third-order valence-corrected chi connectivity index (χ3v) is 11.9. The molecule has 0 bridgehead atoms. The summed E-state index contributed by atoms with van der Waals surface area (Å²) in [5.41, 5.74) is 0.136. The number of urea groups is 1. The van der Waals surface area contributed by atoms with Crippen molar-refractivity contribution in [2.45, 2.75) is 75.3 Å². The highest BCUT2D eigenvalue weighted by Crippen LogP contribution is 2.38. The highest BCUT2D eigenvalue weighted by atomic mass is 32.2. The summed E-state index contributed by atoms with van der Waals surface area (Å²) in [6.45, 7) is 5.70. The first-order valence-electron chi connectivity index (χ1n) is 17.3.